The lowest BCUT2D eigenvalue weighted by atomic mass is 10.2. The second-order valence-electron chi connectivity index (χ2n) is 8.00. The molecule has 2 heterocycles. The van der Waals surface area contributed by atoms with Gasteiger partial charge in [-0.1, -0.05) is 55.4 Å². The highest BCUT2D eigenvalue weighted by Crippen LogP contribution is 2.21. The summed E-state index contributed by atoms with van der Waals surface area (Å²) in [6, 6.07) is 12.6. The molecule has 10 heteroatoms. The Morgan fingerprint density at radius 3 is 2.59 bits per heavy atom. The predicted molar refractivity (Wildman–Crippen MR) is 130 cm³/mol. The summed E-state index contributed by atoms with van der Waals surface area (Å²) in [4.78, 5) is 10.9. The fourth-order valence-corrected chi connectivity index (χ4v) is 4.74. The lowest BCUT2D eigenvalue weighted by molar-refractivity contribution is 0.0954. The van der Waals surface area contributed by atoms with Crippen LogP contribution in [0.3, 0.4) is 0 Å². The van der Waals surface area contributed by atoms with Crippen LogP contribution < -0.4 is 4.72 Å². The van der Waals surface area contributed by atoms with E-state index in [0.717, 1.165) is 24.2 Å². The maximum atomic E-state index is 12.8. The summed E-state index contributed by atoms with van der Waals surface area (Å²) in [5, 5.41) is 4.03. The molecule has 0 unspecified atom stereocenters. The van der Waals surface area contributed by atoms with Gasteiger partial charge in [-0.3, -0.25) is 4.98 Å². The quantitative estimate of drug-likeness (QED) is 0.369. The Morgan fingerprint density at radius 1 is 1.12 bits per heavy atom. The Hall–Kier alpha value is -2.66. The van der Waals surface area contributed by atoms with Crippen molar-refractivity contribution in [2.45, 2.75) is 39.8 Å². The predicted octanol–water partition coefficient (Wildman–Crippen LogP) is 3.35. The van der Waals surface area contributed by atoms with Crippen molar-refractivity contribution >= 4 is 10.0 Å². The summed E-state index contributed by atoms with van der Waals surface area (Å²) in [6.45, 7) is 8.90. The Balaban J connectivity index is 1.72. The summed E-state index contributed by atoms with van der Waals surface area (Å²) in [7, 11) is -3.60. The molecule has 0 fully saturated rings. The SMILES string of the molecule is CCN(CC)CCCS(=O)(=O)N[C@H](COCc1ccccc1)c1nc(-c2ncccc2C)no1. The number of aromatic nitrogens is 3. The number of aryl methyl sites for hydroxylation is 1. The van der Waals surface area contributed by atoms with Crippen molar-refractivity contribution in [3.05, 3.63) is 65.7 Å². The lowest BCUT2D eigenvalue weighted by Gasteiger charge is -2.19. The third-order valence-electron chi connectivity index (χ3n) is 5.46. The first-order valence-electron chi connectivity index (χ1n) is 11.5. The van der Waals surface area contributed by atoms with Crippen molar-refractivity contribution in [3.63, 3.8) is 0 Å². The van der Waals surface area contributed by atoms with E-state index in [0.29, 0.717) is 31.1 Å². The molecule has 0 saturated carbocycles. The summed E-state index contributed by atoms with van der Waals surface area (Å²) in [5.74, 6) is 0.446. The van der Waals surface area contributed by atoms with E-state index in [1.807, 2.05) is 49.4 Å². The van der Waals surface area contributed by atoms with Crippen molar-refractivity contribution in [2.24, 2.45) is 0 Å². The van der Waals surface area contributed by atoms with Gasteiger partial charge in [-0.2, -0.15) is 4.98 Å². The minimum Gasteiger partial charge on any atom is -0.375 e. The van der Waals surface area contributed by atoms with Crippen molar-refractivity contribution in [1.82, 2.24) is 24.7 Å². The number of pyridine rings is 1. The molecule has 184 valence electrons. The zero-order valence-corrected chi connectivity index (χ0v) is 20.8. The largest absolute Gasteiger partial charge is 0.375 e. The van der Waals surface area contributed by atoms with Gasteiger partial charge in [0.05, 0.1) is 19.0 Å². The number of benzene rings is 1. The van der Waals surface area contributed by atoms with Gasteiger partial charge >= 0.3 is 0 Å². The molecule has 0 spiro atoms. The number of nitrogens with zero attached hydrogens (tertiary/aromatic N) is 4. The first-order valence-corrected chi connectivity index (χ1v) is 13.2. The molecule has 0 aliphatic rings. The van der Waals surface area contributed by atoms with Crippen LogP contribution >= 0.6 is 0 Å². The van der Waals surface area contributed by atoms with Gasteiger partial charge in [0, 0.05) is 6.20 Å². The van der Waals surface area contributed by atoms with E-state index >= 15 is 0 Å². The van der Waals surface area contributed by atoms with Crippen molar-refractivity contribution < 1.29 is 17.7 Å². The molecular weight excluding hydrogens is 454 g/mol. The first-order chi connectivity index (χ1) is 16.4. The second kappa shape index (κ2) is 12.7. The Bertz CT molecular complexity index is 1120. The molecule has 1 atom stereocenters. The van der Waals surface area contributed by atoms with Gasteiger partial charge in [0.25, 0.3) is 0 Å². The normalized spacial score (nSPS) is 12.8. The summed E-state index contributed by atoms with van der Waals surface area (Å²) < 4.78 is 39.7. The van der Waals surface area contributed by atoms with E-state index < -0.39 is 16.1 Å². The van der Waals surface area contributed by atoms with Gasteiger partial charge < -0.3 is 14.2 Å². The number of nitrogens with one attached hydrogen (secondary N) is 1. The Labute approximate surface area is 201 Å². The highest BCUT2D eigenvalue weighted by atomic mass is 32.2. The molecule has 2 aromatic heterocycles. The molecule has 3 aromatic rings. The van der Waals surface area contributed by atoms with Crippen LogP contribution in [0.4, 0.5) is 0 Å². The average Bonchev–Trinajstić information content (AvgIpc) is 3.32. The van der Waals surface area contributed by atoms with E-state index in [1.165, 1.54) is 0 Å². The molecular formula is C24H33N5O4S. The fraction of sp³-hybridized carbons (Fsp3) is 0.458. The molecule has 34 heavy (non-hydrogen) atoms. The molecule has 0 radical (unpaired) electrons. The van der Waals surface area contributed by atoms with Crippen molar-refractivity contribution in [3.8, 4) is 11.5 Å². The van der Waals surface area contributed by atoms with Crippen molar-refractivity contribution in [1.29, 1.82) is 0 Å². The van der Waals surface area contributed by atoms with Crippen LogP contribution in [0.5, 0.6) is 0 Å². The lowest BCUT2D eigenvalue weighted by Crippen LogP contribution is -2.35. The van der Waals surface area contributed by atoms with Crippen LogP contribution in [0, 0.1) is 6.92 Å². The van der Waals surface area contributed by atoms with Gasteiger partial charge in [0.15, 0.2) is 0 Å². The van der Waals surface area contributed by atoms with Gasteiger partial charge in [0.1, 0.15) is 11.7 Å². The second-order valence-corrected chi connectivity index (χ2v) is 9.87. The maximum Gasteiger partial charge on any atom is 0.247 e. The Morgan fingerprint density at radius 2 is 1.88 bits per heavy atom. The van der Waals surface area contributed by atoms with E-state index in [1.54, 1.807) is 6.20 Å². The fourth-order valence-electron chi connectivity index (χ4n) is 3.51. The molecule has 0 saturated heterocycles. The number of rotatable bonds is 14. The number of hydrogen-bond acceptors (Lipinski definition) is 8. The Kier molecular flexibility index (Phi) is 9.70. The topological polar surface area (TPSA) is 110 Å². The van der Waals surface area contributed by atoms with Gasteiger partial charge in [-0.05, 0) is 50.2 Å². The zero-order valence-electron chi connectivity index (χ0n) is 20.0. The molecule has 0 aliphatic heterocycles. The molecule has 0 amide bonds. The summed E-state index contributed by atoms with van der Waals surface area (Å²) in [6.07, 6.45) is 2.17. The van der Waals surface area contributed by atoms with Crippen LogP contribution in [-0.2, 0) is 21.4 Å². The monoisotopic (exact) mass is 487 g/mol. The average molecular weight is 488 g/mol. The van der Waals surface area contributed by atoms with Crippen LogP contribution in [-0.4, -0.2) is 60.4 Å². The smallest absolute Gasteiger partial charge is 0.247 e. The minimum absolute atomic E-state index is 0.000964. The molecule has 9 nitrogen and oxygen atoms in total. The third-order valence-corrected chi connectivity index (χ3v) is 6.93. The van der Waals surface area contributed by atoms with Gasteiger partial charge in [-0.15, -0.1) is 0 Å². The van der Waals surface area contributed by atoms with Crippen LogP contribution in [0.1, 0.15) is 43.3 Å². The highest BCUT2D eigenvalue weighted by molar-refractivity contribution is 7.89. The zero-order chi connectivity index (χ0) is 24.4. The van der Waals surface area contributed by atoms with Gasteiger partial charge in [-0.25, -0.2) is 13.1 Å². The van der Waals surface area contributed by atoms with Crippen molar-refractivity contribution in [2.75, 3.05) is 32.0 Å². The highest BCUT2D eigenvalue weighted by Gasteiger charge is 2.26. The molecule has 3 rings (SSSR count). The maximum absolute atomic E-state index is 12.8. The third kappa shape index (κ3) is 7.69. The number of hydrogen-bond donors (Lipinski definition) is 1. The molecule has 1 N–H and O–H groups in total. The van der Waals surface area contributed by atoms with E-state index in [4.69, 9.17) is 9.26 Å². The van der Waals surface area contributed by atoms with E-state index in [-0.39, 0.29) is 18.3 Å². The van der Waals surface area contributed by atoms with E-state index in [2.05, 4.69) is 38.6 Å². The molecule has 1 aromatic carbocycles. The van der Waals surface area contributed by atoms with Crippen LogP contribution in [0.15, 0.2) is 53.2 Å². The number of ether oxygens (including phenoxy) is 1. The standard InChI is InChI=1S/C24H33N5O4S/c1-4-29(5-2)15-10-16-34(30,31)28-21(18-32-17-20-12-7-6-8-13-20)24-26-23(27-33-24)22-19(3)11-9-14-25-22/h6-9,11-14,21,28H,4-5,10,15-18H2,1-3H3/t21-/m1/s1. The molecule has 0 bridgehead atoms. The molecule has 0 aliphatic carbocycles. The van der Waals surface area contributed by atoms with Crippen LogP contribution in [0.25, 0.3) is 11.5 Å². The van der Waals surface area contributed by atoms with Crippen LogP contribution in [0.2, 0.25) is 0 Å². The summed E-state index contributed by atoms with van der Waals surface area (Å²) >= 11 is 0. The van der Waals surface area contributed by atoms with E-state index in [9.17, 15) is 8.42 Å². The number of sulfonamides is 1. The summed E-state index contributed by atoms with van der Waals surface area (Å²) in [5.41, 5.74) is 2.46. The van der Waals surface area contributed by atoms with Gasteiger partial charge in [0.2, 0.25) is 21.7 Å². The first kappa shape index (κ1) is 26.0. The minimum atomic E-state index is -3.60.